The summed E-state index contributed by atoms with van der Waals surface area (Å²) < 4.78 is 11.7. The average molecular weight is 326 g/mol. The van der Waals surface area contributed by atoms with Crippen LogP contribution in [0.1, 0.15) is 59.8 Å². The minimum Gasteiger partial charge on any atom is -0.466 e. The van der Waals surface area contributed by atoms with E-state index in [1.54, 1.807) is 0 Å². The lowest BCUT2D eigenvalue weighted by molar-refractivity contribution is -0.944. The molecule has 0 aromatic heterocycles. The predicted molar refractivity (Wildman–Crippen MR) is 87.7 cm³/mol. The molecule has 0 aromatic carbocycles. The third-order valence-corrected chi connectivity index (χ3v) is 5.34. The molecule has 3 aliphatic rings. The molecular weight excluding hydrogens is 294 g/mol. The van der Waals surface area contributed by atoms with Crippen molar-refractivity contribution < 1.29 is 23.5 Å². The van der Waals surface area contributed by atoms with Gasteiger partial charge in [0.05, 0.1) is 44.6 Å². The SMILES string of the molecule is CCOC(=O)C12CC[N+](CCCC(=O)OC(C)(C)C)(CC1)CC2. The van der Waals surface area contributed by atoms with Crippen LogP contribution in [0.15, 0.2) is 0 Å². The van der Waals surface area contributed by atoms with Crippen molar-refractivity contribution in [2.24, 2.45) is 5.41 Å². The molecule has 0 spiro atoms. The van der Waals surface area contributed by atoms with E-state index in [1.165, 1.54) is 0 Å². The van der Waals surface area contributed by atoms with Crippen LogP contribution >= 0.6 is 0 Å². The van der Waals surface area contributed by atoms with Gasteiger partial charge in [0.1, 0.15) is 5.60 Å². The highest BCUT2D eigenvalue weighted by atomic mass is 16.6. The topological polar surface area (TPSA) is 52.6 Å². The van der Waals surface area contributed by atoms with Gasteiger partial charge >= 0.3 is 11.9 Å². The molecule has 0 aliphatic carbocycles. The molecule has 3 rings (SSSR count). The van der Waals surface area contributed by atoms with Crippen molar-refractivity contribution in [3.8, 4) is 0 Å². The molecule has 23 heavy (non-hydrogen) atoms. The van der Waals surface area contributed by atoms with Crippen LogP contribution in [0.3, 0.4) is 0 Å². The van der Waals surface area contributed by atoms with Crippen LogP contribution in [0.25, 0.3) is 0 Å². The standard InChI is InChI=1S/C18H32NO4/c1-5-22-16(21)18-8-12-19(13-9-18,14-10-18)11-6-7-15(20)23-17(2,3)4/h5-14H2,1-4H3/q+1. The number of ether oxygens (including phenoxy) is 2. The highest BCUT2D eigenvalue weighted by Crippen LogP contribution is 2.45. The molecule has 0 N–H and O–H groups in total. The second-order valence-corrected chi connectivity index (χ2v) is 8.18. The first-order valence-corrected chi connectivity index (χ1v) is 8.95. The van der Waals surface area contributed by atoms with E-state index in [1.807, 2.05) is 27.7 Å². The summed E-state index contributed by atoms with van der Waals surface area (Å²) in [5, 5.41) is 0. The third kappa shape index (κ3) is 4.46. The number of quaternary nitrogens is 1. The Balaban J connectivity index is 1.79. The molecule has 3 aliphatic heterocycles. The van der Waals surface area contributed by atoms with Crippen LogP contribution in [0.5, 0.6) is 0 Å². The number of carbonyl (C=O) groups excluding carboxylic acids is 2. The van der Waals surface area contributed by atoms with E-state index >= 15 is 0 Å². The van der Waals surface area contributed by atoms with Crippen molar-refractivity contribution in [2.75, 3.05) is 32.8 Å². The monoisotopic (exact) mass is 326 g/mol. The first-order valence-electron chi connectivity index (χ1n) is 8.95. The van der Waals surface area contributed by atoms with E-state index < -0.39 is 5.60 Å². The summed E-state index contributed by atoms with van der Waals surface area (Å²) >= 11 is 0. The van der Waals surface area contributed by atoms with Gasteiger partial charge in [-0.3, -0.25) is 9.59 Å². The van der Waals surface area contributed by atoms with E-state index in [-0.39, 0.29) is 17.4 Å². The molecule has 0 atom stereocenters. The fraction of sp³-hybridized carbons (Fsp3) is 0.889. The normalized spacial score (nSPS) is 30.1. The first-order chi connectivity index (χ1) is 10.7. The Kier molecular flexibility index (Phi) is 5.39. The fourth-order valence-electron chi connectivity index (χ4n) is 3.94. The predicted octanol–water partition coefficient (Wildman–Crippen LogP) is 2.67. The Morgan fingerprint density at radius 3 is 2.13 bits per heavy atom. The molecule has 3 fully saturated rings. The van der Waals surface area contributed by atoms with Crippen LogP contribution in [0.4, 0.5) is 0 Å². The molecule has 2 bridgehead atoms. The zero-order valence-corrected chi connectivity index (χ0v) is 15.2. The Morgan fingerprint density at radius 1 is 1.09 bits per heavy atom. The van der Waals surface area contributed by atoms with E-state index in [2.05, 4.69) is 0 Å². The fourth-order valence-corrected chi connectivity index (χ4v) is 3.94. The van der Waals surface area contributed by atoms with E-state index in [0.29, 0.717) is 13.0 Å². The Hall–Kier alpha value is -1.10. The van der Waals surface area contributed by atoms with Crippen molar-refractivity contribution in [3.63, 3.8) is 0 Å². The lowest BCUT2D eigenvalue weighted by atomic mass is 9.70. The maximum absolute atomic E-state index is 12.2. The van der Waals surface area contributed by atoms with Gasteiger partial charge < -0.3 is 14.0 Å². The molecule has 0 saturated carbocycles. The average Bonchev–Trinajstić information content (AvgIpc) is 2.47. The van der Waals surface area contributed by atoms with Crippen molar-refractivity contribution in [1.82, 2.24) is 0 Å². The Bertz CT molecular complexity index is 428. The van der Waals surface area contributed by atoms with Crippen molar-refractivity contribution >= 4 is 11.9 Å². The van der Waals surface area contributed by atoms with E-state index in [9.17, 15) is 9.59 Å². The van der Waals surface area contributed by atoms with Crippen LogP contribution in [0, 0.1) is 5.41 Å². The van der Waals surface area contributed by atoms with Gasteiger partial charge in [0.25, 0.3) is 0 Å². The summed E-state index contributed by atoms with van der Waals surface area (Å²) in [4.78, 5) is 24.1. The smallest absolute Gasteiger partial charge is 0.312 e. The number of piperidine rings is 3. The summed E-state index contributed by atoms with van der Waals surface area (Å²) in [6, 6.07) is 0. The van der Waals surface area contributed by atoms with E-state index in [4.69, 9.17) is 9.47 Å². The molecule has 0 aromatic rings. The maximum Gasteiger partial charge on any atom is 0.312 e. The van der Waals surface area contributed by atoms with Gasteiger partial charge in [0.2, 0.25) is 0 Å². The highest BCUT2D eigenvalue weighted by molar-refractivity contribution is 5.77. The first kappa shape index (κ1) is 18.2. The lowest BCUT2D eigenvalue weighted by Crippen LogP contribution is -2.63. The molecule has 3 saturated heterocycles. The molecule has 0 unspecified atom stereocenters. The van der Waals surface area contributed by atoms with Gasteiger partial charge in [-0.05, 0) is 27.7 Å². The largest absolute Gasteiger partial charge is 0.466 e. The maximum atomic E-state index is 12.2. The second-order valence-electron chi connectivity index (χ2n) is 8.18. The molecule has 0 amide bonds. The molecule has 5 nitrogen and oxygen atoms in total. The van der Waals surface area contributed by atoms with E-state index in [0.717, 1.165) is 56.3 Å². The third-order valence-electron chi connectivity index (χ3n) is 5.34. The highest BCUT2D eigenvalue weighted by Gasteiger charge is 2.53. The molecule has 0 radical (unpaired) electrons. The molecule has 5 heteroatoms. The zero-order chi connectivity index (χ0) is 17.1. The number of nitrogens with zero attached hydrogens (tertiary/aromatic N) is 1. The van der Waals surface area contributed by atoms with Crippen molar-refractivity contribution in [3.05, 3.63) is 0 Å². The summed E-state index contributed by atoms with van der Waals surface area (Å²) in [6.45, 7) is 12.2. The number of hydrogen-bond donors (Lipinski definition) is 0. The summed E-state index contributed by atoms with van der Waals surface area (Å²) in [5.41, 5.74) is -0.625. The van der Waals surface area contributed by atoms with Crippen LogP contribution < -0.4 is 0 Å². The van der Waals surface area contributed by atoms with Crippen LogP contribution in [-0.2, 0) is 19.1 Å². The van der Waals surface area contributed by atoms with Gasteiger partial charge in [0.15, 0.2) is 0 Å². The second kappa shape index (κ2) is 6.80. The number of carbonyl (C=O) groups is 2. The number of esters is 2. The number of rotatable bonds is 6. The van der Waals surface area contributed by atoms with Gasteiger partial charge in [-0.2, -0.15) is 0 Å². The van der Waals surface area contributed by atoms with Gasteiger partial charge in [-0.25, -0.2) is 0 Å². The van der Waals surface area contributed by atoms with Crippen LogP contribution in [0.2, 0.25) is 0 Å². The molecule has 3 heterocycles. The quantitative estimate of drug-likeness (QED) is 0.556. The Labute approximate surface area is 139 Å². The number of fused-ring (bicyclic) bond motifs is 3. The minimum atomic E-state index is -0.404. The summed E-state index contributed by atoms with van der Waals surface area (Å²) in [7, 11) is 0. The van der Waals surface area contributed by atoms with Gasteiger partial charge in [0, 0.05) is 25.7 Å². The van der Waals surface area contributed by atoms with Crippen LogP contribution in [-0.4, -0.2) is 54.8 Å². The van der Waals surface area contributed by atoms with Crippen molar-refractivity contribution in [2.45, 2.75) is 65.4 Å². The molecular formula is C18H32NO4+. The Morgan fingerprint density at radius 2 is 1.65 bits per heavy atom. The van der Waals surface area contributed by atoms with Crippen molar-refractivity contribution in [1.29, 1.82) is 0 Å². The zero-order valence-electron chi connectivity index (χ0n) is 15.2. The number of hydrogen-bond acceptors (Lipinski definition) is 4. The lowest BCUT2D eigenvalue weighted by Gasteiger charge is -2.53. The van der Waals surface area contributed by atoms with Gasteiger partial charge in [-0.1, -0.05) is 0 Å². The van der Waals surface area contributed by atoms with Gasteiger partial charge in [-0.15, -0.1) is 0 Å². The minimum absolute atomic E-state index is 0.00579. The molecule has 132 valence electrons. The summed E-state index contributed by atoms with van der Waals surface area (Å²) in [5.74, 6) is -0.100. The summed E-state index contributed by atoms with van der Waals surface area (Å²) in [6.07, 6.45) is 4.14.